The van der Waals surface area contributed by atoms with Crippen molar-refractivity contribution in [3.63, 3.8) is 0 Å². The lowest BCUT2D eigenvalue weighted by Crippen LogP contribution is -2.12. The fraction of sp³-hybridized carbons (Fsp3) is 0.190. The average Bonchev–Trinajstić information content (AvgIpc) is 3.32. The van der Waals surface area contributed by atoms with Crippen molar-refractivity contribution in [2.75, 3.05) is 13.7 Å². The first-order chi connectivity index (χ1) is 13.9. The highest BCUT2D eigenvalue weighted by Gasteiger charge is 2.13. The highest BCUT2D eigenvalue weighted by atomic mass is 79.9. The molecule has 0 amide bonds. The molecule has 0 radical (unpaired) electrons. The first-order valence-corrected chi connectivity index (χ1v) is 10.4. The van der Waals surface area contributed by atoms with E-state index < -0.39 is 5.97 Å². The molecular weight excluding hydrogens is 456 g/mol. The minimum Gasteiger partial charge on any atom is -0.496 e. The normalized spacial score (nSPS) is 11.0. The molecule has 0 saturated heterocycles. The van der Waals surface area contributed by atoms with Gasteiger partial charge in [-0.2, -0.15) is 0 Å². The number of aromatic nitrogens is 2. The first kappa shape index (κ1) is 21.0. The third-order valence-electron chi connectivity index (χ3n) is 4.30. The predicted octanol–water partition coefficient (Wildman–Crippen LogP) is 4.76. The Labute approximate surface area is 180 Å². The van der Waals surface area contributed by atoms with Crippen LogP contribution in [-0.2, 0) is 9.53 Å². The maximum absolute atomic E-state index is 12.2. The van der Waals surface area contributed by atoms with Crippen molar-refractivity contribution in [1.82, 2.24) is 9.55 Å². The van der Waals surface area contributed by atoms with Crippen LogP contribution >= 0.6 is 27.3 Å². The molecule has 0 fully saturated rings. The summed E-state index contributed by atoms with van der Waals surface area (Å²) in [7, 11) is 1.55. The molecular formula is C21H19BrN2O4S. The molecule has 2 aromatic heterocycles. The lowest BCUT2D eigenvalue weighted by molar-refractivity contribution is -0.136. The monoisotopic (exact) mass is 474 g/mol. The summed E-state index contributed by atoms with van der Waals surface area (Å²) < 4.78 is 12.9. The SMILES string of the molecule is COc1ccc(C(=O)COC(=O)/C=C/c2cc(C)n(-c3nccs3)c2C)cc1Br. The van der Waals surface area contributed by atoms with E-state index in [4.69, 9.17) is 9.47 Å². The minimum atomic E-state index is -0.579. The summed E-state index contributed by atoms with van der Waals surface area (Å²) in [6.07, 6.45) is 4.76. The van der Waals surface area contributed by atoms with E-state index in [9.17, 15) is 9.59 Å². The molecule has 0 atom stereocenters. The Morgan fingerprint density at radius 1 is 1.28 bits per heavy atom. The number of halogens is 1. The highest BCUT2D eigenvalue weighted by Crippen LogP contribution is 2.26. The molecule has 150 valence electrons. The van der Waals surface area contributed by atoms with Gasteiger partial charge in [0.25, 0.3) is 0 Å². The fourth-order valence-corrected chi connectivity index (χ4v) is 4.13. The van der Waals surface area contributed by atoms with Crippen molar-refractivity contribution in [3.8, 4) is 10.9 Å². The van der Waals surface area contributed by atoms with Crippen molar-refractivity contribution >= 4 is 45.1 Å². The number of carbonyl (C=O) groups is 2. The quantitative estimate of drug-likeness (QED) is 0.280. The van der Waals surface area contributed by atoms with Gasteiger partial charge in [-0.3, -0.25) is 9.36 Å². The molecule has 0 aliphatic carbocycles. The smallest absolute Gasteiger partial charge is 0.331 e. The summed E-state index contributed by atoms with van der Waals surface area (Å²) in [6, 6.07) is 6.92. The molecule has 0 spiro atoms. The summed E-state index contributed by atoms with van der Waals surface area (Å²) in [6.45, 7) is 3.61. The Morgan fingerprint density at radius 2 is 2.07 bits per heavy atom. The second-order valence-corrected chi connectivity index (χ2v) is 7.92. The van der Waals surface area contributed by atoms with Gasteiger partial charge in [0.1, 0.15) is 5.75 Å². The van der Waals surface area contributed by atoms with Crippen LogP contribution in [0.25, 0.3) is 11.2 Å². The summed E-state index contributed by atoms with van der Waals surface area (Å²) in [5.74, 6) is -0.251. The molecule has 29 heavy (non-hydrogen) atoms. The van der Waals surface area contributed by atoms with Gasteiger partial charge in [-0.05, 0) is 65.7 Å². The first-order valence-electron chi connectivity index (χ1n) is 8.71. The number of ketones is 1. The number of hydrogen-bond acceptors (Lipinski definition) is 6. The number of Topliss-reactive ketones (excluding diaryl/α,β-unsaturated/α-hetero) is 1. The number of esters is 1. The van der Waals surface area contributed by atoms with Crippen LogP contribution in [0, 0.1) is 13.8 Å². The molecule has 2 heterocycles. The summed E-state index contributed by atoms with van der Waals surface area (Å²) in [4.78, 5) is 28.6. The lowest BCUT2D eigenvalue weighted by Gasteiger charge is -2.06. The second-order valence-electron chi connectivity index (χ2n) is 6.19. The van der Waals surface area contributed by atoms with E-state index in [0.717, 1.165) is 22.1 Å². The van der Waals surface area contributed by atoms with Crippen molar-refractivity contribution < 1.29 is 19.1 Å². The Kier molecular flexibility index (Phi) is 6.66. The molecule has 6 nitrogen and oxygen atoms in total. The van der Waals surface area contributed by atoms with Crippen LogP contribution in [0.15, 0.2) is 46.4 Å². The molecule has 0 N–H and O–H groups in total. The fourth-order valence-electron chi connectivity index (χ4n) is 2.84. The van der Waals surface area contributed by atoms with E-state index in [0.29, 0.717) is 15.8 Å². The van der Waals surface area contributed by atoms with Gasteiger partial charge in [0.2, 0.25) is 0 Å². The van der Waals surface area contributed by atoms with Gasteiger partial charge in [-0.25, -0.2) is 9.78 Å². The Bertz CT molecular complexity index is 1070. The summed E-state index contributed by atoms with van der Waals surface area (Å²) in [5.41, 5.74) is 3.31. The lowest BCUT2D eigenvalue weighted by atomic mass is 10.1. The largest absolute Gasteiger partial charge is 0.496 e. The van der Waals surface area contributed by atoms with Crippen LogP contribution in [0.2, 0.25) is 0 Å². The van der Waals surface area contributed by atoms with Gasteiger partial charge < -0.3 is 9.47 Å². The molecule has 8 heteroatoms. The molecule has 0 saturated carbocycles. The molecule has 0 aliphatic rings. The van der Waals surface area contributed by atoms with Gasteiger partial charge in [0.15, 0.2) is 17.5 Å². The van der Waals surface area contributed by atoms with Gasteiger partial charge in [0.05, 0.1) is 11.6 Å². The number of ether oxygens (including phenoxy) is 2. The Morgan fingerprint density at radius 3 is 2.72 bits per heavy atom. The zero-order valence-electron chi connectivity index (χ0n) is 16.1. The maximum Gasteiger partial charge on any atom is 0.331 e. The molecule has 0 aliphatic heterocycles. The number of carbonyl (C=O) groups excluding carboxylic acids is 2. The van der Waals surface area contributed by atoms with E-state index in [1.165, 1.54) is 6.08 Å². The minimum absolute atomic E-state index is 0.294. The van der Waals surface area contributed by atoms with E-state index >= 15 is 0 Å². The van der Waals surface area contributed by atoms with Crippen molar-refractivity contribution in [2.24, 2.45) is 0 Å². The number of rotatable bonds is 7. The molecule has 0 unspecified atom stereocenters. The molecule has 3 rings (SSSR count). The van der Waals surface area contributed by atoms with Crippen LogP contribution in [-0.4, -0.2) is 35.0 Å². The maximum atomic E-state index is 12.2. The van der Waals surface area contributed by atoms with E-state index in [1.807, 2.05) is 29.9 Å². The van der Waals surface area contributed by atoms with E-state index in [2.05, 4.69) is 20.9 Å². The number of methoxy groups -OCH3 is 1. The van der Waals surface area contributed by atoms with E-state index in [1.54, 1.807) is 48.9 Å². The predicted molar refractivity (Wildman–Crippen MR) is 116 cm³/mol. The van der Waals surface area contributed by atoms with Crippen LogP contribution < -0.4 is 4.74 Å². The van der Waals surface area contributed by atoms with Crippen LogP contribution in [0.5, 0.6) is 5.75 Å². The Balaban J connectivity index is 1.62. The summed E-state index contributed by atoms with van der Waals surface area (Å²) in [5, 5.41) is 2.79. The summed E-state index contributed by atoms with van der Waals surface area (Å²) >= 11 is 4.88. The molecule has 1 aromatic carbocycles. The van der Waals surface area contributed by atoms with Crippen molar-refractivity contribution in [3.05, 3.63) is 68.9 Å². The zero-order chi connectivity index (χ0) is 21.0. The standard InChI is InChI=1S/C21H19BrN2O4S/c1-13-10-15(14(2)24(13)21-23-8-9-29-21)5-7-20(26)28-12-18(25)16-4-6-19(27-3)17(22)11-16/h4-11H,12H2,1-3H3/b7-5+. The van der Waals surface area contributed by atoms with Gasteiger partial charge in [0, 0.05) is 34.6 Å². The van der Waals surface area contributed by atoms with Gasteiger partial charge in [-0.1, -0.05) is 0 Å². The Hall–Kier alpha value is -2.71. The number of benzene rings is 1. The van der Waals surface area contributed by atoms with Crippen molar-refractivity contribution in [2.45, 2.75) is 13.8 Å². The third-order valence-corrected chi connectivity index (χ3v) is 5.68. The van der Waals surface area contributed by atoms with Gasteiger partial charge in [-0.15, -0.1) is 11.3 Å². The van der Waals surface area contributed by atoms with Crippen LogP contribution in [0.1, 0.15) is 27.3 Å². The molecule has 3 aromatic rings. The number of thiazole rings is 1. The highest BCUT2D eigenvalue weighted by molar-refractivity contribution is 9.10. The molecule has 0 bridgehead atoms. The van der Waals surface area contributed by atoms with Crippen LogP contribution in [0.4, 0.5) is 0 Å². The average molecular weight is 475 g/mol. The van der Waals surface area contributed by atoms with Gasteiger partial charge >= 0.3 is 5.97 Å². The second kappa shape index (κ2) is 9.19. The van der Waals surface area contributed by atoms with Crippen molar-refractivity contribution in [1.29, 1.82) is 0 Å². The van der Waals surface area contributed by atoms with E-state index in [-0.39, 0.29) is 12.4 Å². The topological polar surface area (TPSA) is 70.4 Å². The van der Waals surface area contributed by atoms with Crippen LogP contribution in [0.3, 0.4) is 0 Å². The number of aryl methyl sites for hydroxylation is 1. The zero-order valence-corrected chi connectivity index (χ0v) is 18.5. The number of nitrogens with zero attached hydrogens (tertiary/aromatic N) is 2. The number of hydrogen-bond donors (Lipinski definition) is 0. The third kappa shape index (κ3) is 4.83.